The van der Waals surface area contributed by atoms with Gasteiger partial charge in [0.25, 0.3) is 0 Å². The van der Waals surface area contributed by atoms with Crippen LogP contribution in [-0.2, 0) is 19.1 Å². The molecule has 0 aromatic rings. The van der Waals surface area contributed by atoms with Gasteiger partial charge in [0, 0.05) is 12.8 Å². The van der Waals surface area contributed by atoms with Gasteiger partial charge in [0.2, 0.25) is 0 Å². The van der Waals surface area contributed by atoms with E-state index in [1.54, 1.807) is 0 Å². The maximum Gasteiger partial charge on any atom is 0.306 e. The molecule has 0 aromatic heterocycles. The Balaban J connectivity index is 3.61. The number of unbranched alkanes of at least 4 members (excludes halogenated alkanes) is 17. The van der Waals surface area contributed by atoms with E-state index in [0.29, 0.717) is 12.8 Å². The van der Waals surface area contributed by atoms with Crippen molar-refractivity contribution in [1.29, 1.82) is 0 Å². The van der Waals surface area contributed by atoms with Crippen LogP contribution in [-0.4, -0.2) is 36.4 Å². The number of carbonyl (C=O) groups excluding carboxylic acids is 2. The summed E-state index contributed by atoms with van der Waals surface area (Å²) in [7, 11) is 0. The highest BCUT2D eigenvalue weighted by Gasteiger charge is 2.16. The molecule has 0 unspecified atom stereocenters. The summed E-state index contributed by atoms with van der Waals surface area (Å²) in [6.45, 7) is 3.98. The van der Waals surface area contributed by atoms with Crippen molar-refractivity contribution in [2.75, 3.05) is 13.2 Å². The van der Waals surface area contributed by atoms with E-state index in [1.807, 2.05) is 0 Å². The van der Waals surface area contributed by atoms with E-state index in [9.17, 15) is 14.7 Å². The fourth-order valence-corrected chi connectivity index (χ4v) is 5.30. The molecule has 0 spiro atoms. The molecule has 0 aliphatic heterocycles. The SMILES string of the molecule is CCC=CCC=CCC=CCC=CCCCCC(=O)O[C@@H](CO)COC(=O)CCCCCCCCCCCC=CCCCCCCCC. The van der Waals surface area contributed by atoms with Crippen molar-refractivity contribution < 1.29 is 24.2 Å². The highest BCUT2D eigenvalue weighted by molar-refractivity contribution is 5.70. The van der Waals surface area contributed by atoms with Crippen molar-refractivity contribution in [2.45, 2.75) is 187 Å². The summed E-state index contributed by atoms with van der Waals surface area (Å²) in [5.41, 5.74) is 0. The summed E-state index contributed by atoms with van der Waals surface area (Å²) in [4.78, 5) is 24.2. The van der Waals surface area contributed by atoms with Gasteiger partial charge in [-0.05, 0) is 77.0 Å². The number of rotatable bonds is 35. The molecule has 0 heterocycles. The standard InChI is InChI=1S/C43H74O5/c1-3-5-7-9-11-13-15-17-19-20-21-22-24-25-27-29-31-33-35-37-42(45)47-40-41(39-44)48-43(46)38-36-34-32-30-28-26-23-18-16-14-12-10-8-6-4-2/h6,8,12,14,17-19,23,28,30,41,44H,3-5,7,9-11,13,15-16,20-22,24-27,29,31-40H2,1-2H3/t41-/m0/s1. The molecule has 0 aromatic carbocycles. The van der Waals surface area contributed by atoms with Crippen LogP contribution >= 0.6 is 0 Å². The van der Waals surface area contributed by atoms with Crippen LogP contribution in [0.5, 0.6) is 0 Å². The zero-order valence-electron chi connectivity index (χ0n) is 31.2. The Hall–Kier alpha value is -2.40. The second-order valence-electron chi connectivity index (χ2n) is 13.0. The van der Waals surface area contributed by atoms with Gasteiger partial charge in [0.1, 0.15) is 6.61 Å². The predicted octanol–water partition coefficient (Wildman–Crippen LogP) is 12.4. The molecule has 0 aliphatic rings. The molecule has 0 saturated heterocycles. The average Bonchev–Trinajstić information content (AvgIpc) is 3.09. The number of aliphatic hydroxyl groups is 1. The Morgan fingerprint density at radius 2 is 0.896 bits per heavy atom. The number of allylic oxidation sites excluding steroid dienone is 10. The number of esters is 2. The van der Waals surface area contributed by atoms with Crippen LogP contribution in [0.1, 0.15) is 181 Å². The van der Waals surface area contributed by atoms with Crippen molar-refractivity contribution in [1.82, 2.24) is 0 Å². The normalized spacial score (nSPS) is 12.8. The van der Waals surface area contributed by atoms with E-state index in [2.05, 4.69) is 74.6 Å². The van der Waals surface area contributed by atoms with Crippen molar-refractivity contribution in [3.63, 3.8) is 0 Å². The first-order chi connectivity index (χ1) is 23.6. The van der Waals surface area contributed by atoms with Crippen LogP contribution in [0.3, 0.4) is 0 Å². The fourth-order valence-electron chi connectivity index (χ4n) is 5.30. The highest BCUT2D eigenvalue weighted by atomic mass is 16.6. The van der Waals surface area contributed by atoms with E-state index in [4.69, 9.17) is 9.47 Å². The molecular weight excluding hydrogens is 596 g/mol. The van der Waals surface area contributed by atoms with Crippen LogP contribution in [0.25, 0.3) is 0 Å². The molecule has 1 N–H and O–H groups in total. The maximum absolute atomic E-state index is 12.1. The summed E-state index contributed by atoms with van der Waals surface area (Å²) in [5, 5.41) is 9.54. The van der Waals surface area contributed by atoms with Crippen LogP contribution in [0.2, 0.25) is 0 Å². The van der Waals surface area contributed by atoms with Gasteiger partial charge in [-0.2, -0.15) is 0 Å². The first kappa shape index (κ1) is 45.6. The largest absolute Gasteiger partial charge is 0.462 e. The van der Waals surface area contributed by atoms with Gasteiger partial charge in [-0.25, -0.2) is 0 Å². The second-order valence-corrected chi connectivity index (χ2v) is 13.0. The Labute approximate surface area is 296 Å². The third kappa shape index (κ3) is 36.4. The molecular formula is C43H74O5. The molecule has 5 heteroatoms. The minimum absolute atomic E-state index is 0.0854. The van der Waals surface area contributed by atoms with Crippen LogP contribution in [0, 0.1) is 0 Å². The molecule has 48 heavy (non-hydrogen) atoms. The van der Waals surface area contributed by atoms with Gasteiger partial charge < -0.3 is 14.6 Å². The smallest absolute Gasteiger partial charge is 0.306 e. The predicted molar refractivity (Wildman–Crippen MR) is 205 cm³/mol. The highest BCUT2D eigenvalue weighted by Crippen LogP contribution is 2.13. The monoisotopic (exact) mass is 671 g/mol. The summed E-state index contributed by atoms with van der Waals surface area (Å²) < 4.78 is 10.6. The minimum atomic E-state index is -0.795. The van der Waals surface area contributed by atoms with Crippen molar-refractivity contribution in [2.24, 2.45) is 0 Å². The van der Waals surface area contributed by atoms with E-state index in [0.717, 1.165) is 64.2 Å². The van der Waals surface area contributed by atoms with Gasteiger partial charge in [-0.3, -0.25) is 9.59 Å². The average molecular weight is 671 g/mol. The number of hydrogen-bond acceptors (Lipinski definition) is 5. The van der Waals surface area contributed by atoms with Gasteiger partial charge in [-0.1, -0.05) is 152 Å². The summed E-state index contributed by atoms with van der Waals surface area (Å²) in [6.07, 6.45) is 50.0. The third-order valence-corrected chi connectivity index (χ3v) is 8.30. The van der Waals surface area contributed by atoms with E-state index in [-0.39, 0.29) is 25.2 Å². The number of hydrogen-bond donors (Lipinski definition) is 1. The maximum atomic E-state index is 12.1. The Morgan fingerprint density at radius 1 is 0.500 bits per heavy atom. The van der Waals surface area contributed by atoms with Gasteiger partial charge in [-0.15, -0.1) is 0 Å². The molecule has 276 valence electrons. The van der Waals surface area contributed by atoms with E-state index >= 15 is 0 Å². The molecule has 0 amide bonds. The van der Waals surface area contributed by atoms with Crippen LogP contribution < -0.4 is 0 Å². The lowest BCUT2D eigenvalue weighted by atomic mass is 10.1. The summed E-state index contributed by atoms with van der Waals surface area (Å²) >= 11 is 0. The van der Waals surface area contributed by atoms with Gasteiger partial charge >= 0.3 is 11.9 Å². The minimum Gasteiger partial charge on any atom is -0.462 e. The molecule has 0 aliphatic carbocycles. The molecule has 5 nitrogen and oxygen atoms in total. The van der Waals surface area contributed by atoms with Crippen molar-refractivity contribution in [3.8, 4) is 0 Å². The first-order valence-electron chi connectivity index (χ1n) is 19.8. The lowest BCUT2D eigenvalue weighted by Crippen LogP contribution is -2.28. The van der Waals surface area contributed by atoms with E-state index in [1.165, 1.54) is 89.9 Å². The van der Waals surface area contributed by atoms with Crippen molar-refractivity contribution in [3.05, 3.63) is 60.8 Å². The first-order valence-corrected chi connectivity index (χ1v) is 19.8. The zero-order valence-corrected chi connectivity index (χ0v) is 31.2. The van der Waals surface area contributed by atoms with Crippen LogP contribution in [0.15, 0.2) is 60.8 Å². The molecule has 1 atom stereocenters. The van der Waals surface area contributed by atoms with Crippen LogP contribution in [0.4, 0.5) is 0 Å². The molecule has 0 radical (unpaired) electrons. The zero-order chi connectivity index (χ0) is 35.0. The molecule has 0 bridgehead atoms. The summed E-state index contributed by atoms with van der Waals surface area (Å²) in [5.74, 6) is -0.644. The Bertz CT molecular complexity index is 853. The third-order valence-electron chi connectivity index (χ3n) is 8.30. The van der Waals surface area contributed by atoms with Gasteiger partial charge in [0.05, 0.1) is 6.61 Å². The fraction of sp³-hybridized carbons (Fsp3) is 0.721. The molecule has 0 saturated carbocycles. The lowest BCUT2D eigenvalue weighted by Gasteiger charge is -2.15. The number of ether oxygens (including phenoxy) is 2. The second kappa shape index (κ2) is 39.0. The van der Waals surface area contributed by atoms with Crippen molar-refractivity contribution >= 4 is 11.9 Å². The van der Waals surface area contributed by atoms with Gasteiger partial charge in [0.15, 0.2) is 6.10 Å². The number of carbonyl (C=O) groups is 2. The summed E-state index contributed by atoms with van der Waals surface area (Å²) in [6, 6.07) is 0. The lowest BCUT2D eigenvalue weighted by molar-refractivity contribution is -0.161. The molecule has 0 rings (SSSR count). The Kier molecular flexibility index (Phi) is 37.1. The molecule has 0 fully saturated rings. The quantitative estimate of drug-likeness (QED) is 0.0413. The number of aliphatic hydroxyl groups excluding tert-OH is 1. The van der Waals surface area contributed by atoms with E-state index < -0.39 is 6.10 Å². The topological polar surface area (TPSA) is 72.8 Å². The Morgan fingerprint density at radius 3 is 1.42 bits per heavy atom.